The second-order valence-corrected chi connectivity index (χ2v) is 5.70. The number of carbonyl (C=O) groups excluding carboxylic acids is 1. The minimum Gasteiger partial charge on any atom is -0.463 e. The van der Waals surface area contributed by atoms with Gasteiger partial charge in [0.25, 0.3) is 5.91 Å². The molecule has 0 saturated heterocycles. The van der Waals surface area contributed by atoms with Gasteiger partial charge in [-0.1, -0.05) is 37.3 Å². The van der Waals surface area contributed by atoms with Gasteiger partial charge >= 0.3 is 0 Å². The standard InChI is InChI=1S/C19H22N2O2/c1-2-11-20-19(22)17-14-18-16(10-13-23-18)21(17)12-6-9-15-7-4-3-5-8-15/h3-5,7-8,10,13-14H,2,6,9,11-12H2,1H3,(H,20,22). The Hall–Kier alpha value is -2.49. The van der Waals surface area contributed by atoms with E-state index >= 15 is 0 Å². The summed E-state index contributed by atoms with van der Waals surface area (Å²) in [7, 11) is 0. The summed E-state index contributed by atoms with van der Waals surface area (Å²) in [6.07, 6.45) is 4.57. The Morgan fingerprint density at radius 2 is 2.04 bits per heavy atom. The molecule has 0 saturated carbocycles. The van der Waals surface area contributed by atoms with Crippen molar-refractivity contribution in [3.8, 4) is 0 Å². The van der Waals surface area contributed by atoms with Gasteiger partial charge in [-0.15, -0.1) is 0 Å². The number of carbonyl (C=O) groups is 1. The van der Waals surface area contributed by atoms with Crippen LogP contribution in [0.15, 0.2) is 53.1 Å². The van der Waals surface area contributed by atoms with E-state index in [4.69, 9.17) is 4.42 Å². The van der Waals surface area contributed by atoms with Crippen molar-refractivity contribution < 1.29 is 9.21 Å². The molecule has 1 amide bonds. The van der Waals surface area contributed by atoms with Gasteiger partial charge in [-0.05, 0) is 24.8 Å². The summed E-state index contributed by atoms with van der Waals surface area (Å²) in [5, 5.41) is 2.95. The molecule has 3 aromatic rings. The van der Waals surface area contributed by atoms with Crippen molar-refractivity contribution in [3.63, 3.8) is 0 Å². The van der Waals surface area contributed by atoms with Crippen LogP contribution in [-0.4, -0.2) is 17.0 Å². The van der Waals surface area contributed by atoms with E-state index in [9.17, 15) is 4.79 Å². The van der Waals surface area contributed by atoms with Gasteiger partial charge < -0.3 is 14.3 Å². The minimum absolute atomic E-state index is 0.0297. The molecule has 0 radical (unpaired) electrons. The topological polar surface area (TPSA) is 47.2 Å². The lowest BCUT2D eigenvalue weighted by Gasteiger charge is -2.10. The average Bonchev–Trinajstić information content (AvgIpc) is 3.16. The summed E-state index contributed by atoms with van der Waals surface area (Å²) in [5.74, 6) is -0.0297. The SMILES string of the molecule is CCCNC(=O)c1cc2occc2n1CCCc1ccccc1. The van der Waals surface area contributed by atoms with Crippen LogP contribution < -0.4 is 5.32 Å². The number of aryl methyl sites for hydroxylation is 2. The number of aromatic nitrogens is 1. The molecule has 0 aliphatic carbocycles. The molecule has 120 valence electrons. The molecule has 3 rings (SSSR count). The summed E-state index contributed by atoms with van der Waals surface area (Å²) < 4.78 is 7.52. The van der Waals surface area contributed by atoms with Crippen LogP contribution in [0.3, 0.4) is 0 Å². The molecular weight excluding hydrogens is 288 g/mol. The predicted octanol–water partition coefficient (Wildman–Crippen LogP) is 4.01. The predicted molar refractivity (Wildman–Crippen MR) is 91.6 cm³/mol. The summed E-state index contributed by atoms with van der Waals surface area (Å²) in [6, 6.07) is 14.2. The number of fused-ring (bicyclic) bond motifs is 1. The second-order valence-electron chi connectivity index (χ2n) is 5.70. The highest BCUT2D eigenvalue weighted by Crippen LogP contribution is 2.22. The van der Waals surface area contributed by atoms with Gasteiger partial charge in [0.15, 0.2) is 5.58 Å². The molecule has 0 unspecified atom stereocenters. The van der Waals surface area contributed by atoms with Crippen LogP contribution in [0.25, 0.3) is 11.1 Å². The van der Waals surface area contributed by atoms with Crippen LogP contribution in [0, 0.1) is 0 Å². The van der Waals surface area contributed by atoms with Crippen LogP contribution in [0.5, 0.6) is 0 Å². The van der Waals surface area contributed by atoms with Crippen molar-refractivity contribution in [1.29, 1.82) is 0 Å². The monoisotopic (exact) mass is 310 g/mol. The lowest BCUT2D eigenvalue weighted by atomic mass is 10.1. The molecule has 0 fully saturated rings. The number of benzene rings is 1. The van der Waals surface area contributed by atoms with Crippen molar-refractivity contribution in [2.24, 2.45) is 0 Å². The summed E-state index contributed by atoms with van der Waals surface area (Å²) in [4.78, 5) is 12.4. The molecule has 1 N–H and O–H groups in total. The van der Waals surface area contributed by atoms with E-state index in [0.717, 1.165) is 36.9 Å². The van der Waals surface area contributed by atoms with Gasteiger partial charge in [0, 0.05) is 25.2 Å². The van der Waals surface area contributed by atoms with Crippen molar-refractivity contribution in [1.82, 2.24) is 9.88 Å². The highest BCUT2D eigenvalue weighted by molar-refractivity contribution is 5.97. The zero-order valence-corrected chi connectivity index (χ0v) is 13.4. The van der Waals surface area contributed by atoms with E-state index in [2.05, 4.69) is 34.1 Å². The number of rotatable bonds is 7. The molecule has 23 heavy (non-hydrogen) atoms. The largest absolute Gasteiger partial charge is 0.463 e. The molecule has 0 aliphatic rings. The van der Waals surface area contributed by atoms with Crippen molar-refractivity contribution in [2.45, 2.75) is 32.7 Å². The summed E-state index contributed by atoms with van der Waals surface area (Å²) >= 11 is 0. The van der Waals surface area contributed by atoms with Crippen LogP contribution in [0.2, 0.25) is 0 Å². The normalized spacial score (nSPS) is 11.0. The van der Waals surface area contributed by atoms with Crippen LogP contribution in [-0.2, 0) is 13.0 Å². The second kappa shape index (κ2) is 7.18. The van der Waals surface area contributed by atoms with Crippen LogP contribution in [0.4, 0.5) is 0 Å². The number of nitrogens with one attached hydrogen (secondary N) is 1. The van der Waals surface area contributed by atoms with E-state index in [1.165, 1.54) is 5.56 Å². The number of nitrogens with zero attached hydrogens (tertiary/aromatic N) is 1. The first-order valence-electron chi connectivity index (χ1n) is 8.18. The Kier molecular flexibility index (Phi) is 4.81. The molecular formula is C19H22N2O2. The number of amides is 1. The van der Waals surface area contributed by atoms with Gasteiger partial charge in [-0.2, -0.15) is 0 Å². The Morgan fingerprint density at radius 1 is 1.22 bits per heavy atom. The van der Waals surface area contributed by atoms with E-state index in [1.807, 2.05) is 25.1 Å². The first-order valence-corrected chi connectivity index (χ1v) is 8.18. The van der Waals surface area contributed by atoms with Gasteiger partial charge in [-0.3, -0.25) is 4.79 Å². The van der Waals surface area contributed by atoms with Crippen LogP contribution in [0.1, 0.15) is 35.8 Å². The van der Waals surface area contributed by atoms with Gasteiger partial charge in [0.2, 0.25) is 0 Å². The fourth-order valence-electron chi connectivity index (χ4n) is 2.82. The van der Waals surface area contributed by atoms with Gasteiger partial charge in [0.1, 0.15) is 5.69 Å². The smallest absolute Gasteiger partial charge is 0.268 e. The molecule has 4 heteroatoms. The Balaban J connectivity index is 1.75. The number of furan rings is 1. The fraction of sp³-hybridized carbons (Fsp3) is 0.316. The molecule has 0 spiro atoms. The maximum absolute atomic E-state index is 12.4. The maximum atomic E-state index is 12.4. The highest BCUT2D eigenvalue weighted by atomic mass is 16.3. The quantitative estimate of drug-likeness (QED) is 0.717. The van der Waals surface area contributed by atoms with E-state index in [1.54, 1.807) is 6.26 Å². The Morgan fingerprint density at radius 3 is 2.83 bits per heavy atom. The molecule has 0 aliphatic heterocycles. The fourth-order valence-corrected chi connectivity index (χ4v) is 2.82. The third kappa shape index (κ3) is 3.47. The molecule has 4 nitrogen and oxygen atoms in total. The van der Waals surface area contributed by atoms with E-state index in [-0.39, 0.29) is 5.91 Å². The van der Waals surface area contributed by atoms with Crippen molar-refractivity contribution >= 4 is 17.0 Å². The third-order valence-corrected chi connectivity index (χ3v) is 3.98. The summed E-state index contributed by atoms with van der Waals surface area (Å²) in [6.45, 7) is 3.53. The Labute approximate surface area is 136 Å². The van der Waals surface area contributed by atoms with E-state index < -0.39 is 0 Å². The molecule has 0 bridgehead atoms. The third-order valence-electron chi connectivity index (χ3n) is 3.98. The lowest BCUT2D eigenvalue weighted by molar-refractivity contribution is 0.0944. The lowest BCUT2D eigenvalue weighted by Crippen LogP contribution is -2.26. The summed E-state index contributed by atoms with van der Waals surface area (Å²) in [5.41, 5.74) is 3.76. The molecule has 2 aromatic heterocycles. The highest BCUT2D eigenvalue weighted by Gasteiger charge is 2.16. The maximum Gasteiger partial charge on any atom is 0.268 e. The molecule has 2 heterocycles. The first-order chi connectivity index (χ1) is 11.3. The number of hydrogen-bond acceptors (Lipinski definition) is 2. The van der Waals surface area contributed by atoms with Gasteiger partial charge in [0.05, 0.1) is 11.8 Å². The van der Waals surface area contributed by atoms with Crippen molar-refractivity contribution in [2.75, 3.05) is 6.54 Å². The zero-order chi connectivity index (χ0) is 16.1. The number of hydrogen-bond donors (Lipinski definition) is 1. The van der Waals surface area contributed by atoms with Gasteiger partial charge in [-0.25, -0.2) is 0 Å². The molecule has 1 aromatic carbocycles. The molecule has 0 atom stereocenters. The van der Waals surface area contributed by atoms with Crippen molar-refractivity contribution in [3.05, 3.63) is 60.0 Å². The Bertz CT molecular complexity index is 771. The zero-order valence-electron chi connectivity index (χ0n) is 13.4. The van der Waals surface area contributed by atoms with E-state index in [0.29, 0.717) is 12.2 Å². The first kappa shape index (κ1) is 15.4. The minimum atomic E-state index is -0.0297. The average molecular weight is 310 g/mol. The van der Waals surface area contributed by atoms with Crippen LogP contribution >= 0.6 is 0 Å².